The van der Waals surface area contributed by atoms with E-state index < -0.39 is 12.1 Å². The van der Waals surface area contributed by atoms with E-state index in [4.69, 9.17) is 23.7 Å². The van der Waals surface area contributed by atoms with Gasteiger partial charge in [-0.15, -0.1) is 0 Å². The highest BCUT2D eigenvalue weighted by Crippen LogP contribution is 2.17. The Bertz CT molecular complexity index is 1040. The molecule has 0 saturated carbocycles. The van der Waals surface area contributed by atoms with Gasteiger partial charge in [0.2, 0.25) is 0 Å². The Labute approximate surface area is 414 Å². The molecule has 0 rings (SSSR count). The Balaban J connectivity index is -0.00000104. The number of aldehydes is 2. The Morgan fingerprint density at radius 2 is 0.910 bits per heavy atom. The quantitative estimate of drug-likeness (QED) is 0.0344. The van der Waals surface area contributed by atoms with Crippen molar-refractivity contribution in [1.29, 1.82) is 0 Å². The monoisotopic (exact) mass is 957 g/mol. The molecule has 0 aromatic heterocycles. The Morgan fingerprint density at radius 3 is 1.28 bits per heavy atom. The number of unbranched alkanes of at least 4 members (excludes halogenated alkanes) is 30. The molecular weight excluding hydrogens is 845 g/mol. The van der Waals surface area contributed by atoms with Gasteiger partial charge in [0, 0.05) is 33.6 Å². The van der Waals surface area contributed by atoms with Crippen molar-refractivity contribution in [2.45, 2.75) is 284 Å². The molecule has 400 valence electrons. The maximum atomic E-state index is 11.8. The summed E-state index contributed by atoms with van der Waals surface area (Å²) in [5.41, 5.74) is -0.318. The third kappa shape index (κ3) is 60.0. The van der Waals surface area contributed by atoms with Gasteiger partial charge < -0.3 is 43.9 Å². The second-order valence-corrected chi connectivity index (χ2v) is 19.9. The van der Waals surface area contributed by atoms with E-state index in [0.29, 0.717) is 26.0 Å². The van der Waals surface area contributed by atoms with E-state index in [0.717, 1.165) is 38.4 Å². The molecule has 1 amide bonds. The zero-order valence-corrected chi connectivity index (χ0v) is 45.7. The van der Waals surface area contributed by atoms with Crippen molar-refractivity contribution in [3.8, 4) is 0 Å². The first-order chi connectivity index (χ1) is 32.4. The van der Waals surface area contributed by atoms with Crippen molar-refractivity contribution in [3.05, 3.63) is 0 Å². The largest absolute Gasteiger partial charge is 0.464 e. The summed E-state index contributed by atoms with van der Waals surface area (Å²) >= 11 is 0. The molecule has 11 heteroatoms. The highest BCUT2D eigenvalue weighted by Gasteiger charge is 2.21. The van der Waals surface area contributed by atoms with Gasteiger partial charge in [-0.1, -0.05) is 200 Å². The Morgan fingerprint density at radius 1 is 0.522 bits per heavy atom. The Hall–Kier alpha value is -2.08. The lowest BCUT2D eigenvalue weighted by Gasteiger charge is -2.28. The molecule has 11 nitrogen and oxygen atoms in total. The number of hydrogen-bond donors (Lipinski definition) is 2. The van der Waals surface area contributed by atoms with Gasteiger partial charge in [0.1, 0.15) is 25.8 Å². The topological polar surface area (TPSA) is 138 Å². The minimum absolute atomic E-state index is 0.0700. The molecule has 0 aliphatic heterocycles. The van der Waals surface area contributed by atoms with E-state index in [1.807, 2.05) is 13.8 Å². The summed E-state index contributed by atoms with van der Waals surface area (Å²) < 4.78 is 26.3. The van der Waals surface area contributed by atoms with Crippen LogP contribution in [0.15, 0.2) is 0 Å². The number of ether oxygens (including phenoxy) is 5. The highest BCUT2D eigenvalue weighted by atomic mass is 16.6. The van der Waals surface area contributed by atoms with Gasteiger partial charge in [-0.2, -0.15) is 0 Å². The smallest absolute Gasteiger partial charge is 0.407 e. The highest BCUT2D eigenvalue weighted by molar-refractivity contribution is 5.72. The van der Waals surface area contributed by atoms with Crippen LogP contribution < -0.4 is 10.6 Å². The van der Waals surface area contributed by atoms with Crippen LogP contribution in [0.4, 0.5) is 4.79 Å². The molecule has 1 atom stereocenters. The second-order valence-electron chi connectivity index (χ2n) is 19.9. The van der Waals surface area contributed by atoms with Gasteiger partial charge in [0.15, 0.2) is 0 Å². The maximum absolute atomic E-state index is 11.8. The second kappa shape index (κ2) is 54.9. The predicted octanol–water partition coefficient (Wildman–Crippen LogP) is 14.8. The van der Waals surface area contributed by atoms with E-state index in [2.05, 4.69) is 38.3 Å². The summed E-state index contributed by atoms with van der Waals surface area (Å²) in [4.78, 5) is 43.6. The lowest BCUT2D eigenvalue weighted by molar-refractivity contribution is -0.145. The molecule has 0 fully saturated rings. The zero-order valence-electron chi connectivity index (χ0n) is 45.7. The predicted molar refractivity (Wildman–Crippen MR) is 281 cm³/mol. The van der Waals surface area contributed by atoms with E-state index in [1.165, 1.54) is 180 Å². The maximum Gasteiger partial charge on any atom is 0.407 e. The standard InChI is InChI=1S/C27H52N2O5.C18H36O.C11H24O3/c1-3-4-5-6-7-8-9-10-11-12-13-14-15-16-17-18-21-29-27(32)34-24-25(28-2)23-33-26(31)20-19-22-30;1-2-3-4-5-6-7-8-9-10-11-12-13-14-15-16-17-18-19;1-10(2,13-6)7-8-14-11(3,4)9-12-5/h22,25,28H,3-21,23-24H2,1-2H3,(H,29,32);18H,2-17H2,1H3;7-9H2,1-6H3. The van der Waals surface area contributed by atoms with Crippen LogP contribution in [0.3, 0.4) is 0 Å². The van der Waals surface area contributed by atoms with Crippen LogP contribution in [0, 0.1) is 0 Å². The summed E-state index contributed by atoms with van der Waals surface area (Å²) in [5.74, 6) is -0.430. The van der Waals surface area contributed by atoms with Crippen LogP contribution in [0.1, 0.15) is 266 Å². The van der Waals surface area contributed by atoms with E-state index >= 15 is 0 Å². The minimum atomic E-state index is -0.450. The van der Waals surface area contributed by atoms with Crippen LogP contribution in [0.2, 0.25) is 0 Å². The third-order valence-corrected chi connectivity index (χ3v) is 12.2. The number of nitrogens with one attached hydrogen (secondary N) is 2. The molecule has 0 aliphatic carbocycles. The third-order valence-electron chi connectivity index (χ3n) is 12.2. The lowest BCUT2D eigenvalue weighted by Crippen LogP contribution is -2.38. The van der Waals surface area contributed by atoms with E-state index in [1.54, 1.807) is 21.3 Å². The molecule has 0 spiro atoms. The fraction of sp³-hybridized carbons (Fsp3) is 0.929. The first kappa shape index (κ1) is 69.2. The van der Waals surface area contributed by atoms with Gasteiger partial charge >= 0.3 is 12.1 Å². The fourth-order valence-corrected chi connectivity index (χ4v) is 7.41. The van der Waals surface area contributed by atoms with Gasteiger partial charge in [0.25, 0.3) is 0 Å². The number of carbonyl (C=O) groups is 4. The molecule has 0 saturated heterocycles. The summed E-state index contributed by atoms with van der Waals surface area (Å²) in [6.45, 7) is 14.8. The fourth-order valence-electron chi connectivity index (χ4n) is 7.41. The first-order valence-electron chi connectivity index (χ1n) is 27.7. The van der Waals surface area contributed by atoms with Crippen molar-refractivity contribution in [3.63, 3.8) is 0 Å². The van der Waals surface area contributed by atoms with Crippen LogP contribution in [0.25, 0.3) is 0 Å². The van der Waals surface area contributed by atoms with Gasteiger partial charge in [0.05, 0.1) is 36.9 Å². The van der Waals surface area contributed by atoms with Crippen molar-refractivity contribution >= 4 is 24.6 Å². The molecule has 0 bridgehead atoms. The van der Waals surface area contributed by atoms with Crippen molar-refractivity contribution in [1.82, 2.24) is 10.6 Å². The average molecular weight is 958 g/mol. The molecule has 0 aliphatic rings. The molecule has 1 unspecified atom stereocenters. The molecule has 2 N–H and O–H groups in total. The lowest BCUT2D eigenvalue weighted by atomic mass is 10.0. The first-order valence-corrected chi connectivity index (χ1v) is 27.7. The number of methoxy groups -OCH3 is 2. The molecule has 0 radical (unpaired) electrons. The van der Waals surface area contributed by atoms with Crippen LogP contribution in [-0.2, 0) is 38.1 Å². The number of carbonyl (C=O) groups excluding carboxylic acids is 4. The zero-order chi connectivity index (χ0) is 50.4. The van der Waals surface area contributed by atoms with Crippen LogP contribution >= 0.6 is 0 Å². The van der Waals surface area contributed by atoms with Crippen molar-refractivity contribution < 1.29 is 42.9 Å². The van der Waals surface area contributed by atoms with Gasteiger partial charge in [-0.25, -0.2) is 4.79 Å². The SMILES string of the molecule is CCCCCCCCCCCCCCCCCC=O.CCCCCCCCCCCCCCCCCCNC(=O)OCC(COC(=O)CCC=O)NC.COCC(C)(C)OCCC(C)(C)OC. The number of likely N-dealkylation sites (N-methyl/N-ethyl adjacent to an activating group) is 1. The number of amides is 1. The summed E-state index contributed by atoms with van der Waals surface area (Å²) in [7, 11) is 5.12. The van der Waals surface area contributed by atoms with E-state index in [-0.39, 0.29) is 43.3 Å². The molecule has 0 heterocycles. The number of esters is 1. The van der Waals surface area contributed by atoms with E-state index in [9.17, 15) is 19.2 Å². The summed E-state index contributed by atoms with van der Waals surface area (Å²) in [6, 6.07) is -0.276. The molecule has 67 heavy (non-hydrogen) atoms. The van der Waals surface area contributed by atoms with Crippen molar-refractivity contribution in [2.24, 2.45) is 0 Å². The van der Waals surface area contributed by atoms with Crippen LogP contribution in [-0.4, -0.2) is 96.1 Å². The minimum Gasteiger partial charge on any atom is -0.464 e. The molecule has 0 aromatic carbocycles. The average Bonchev–Trinajstić information content (AvgIpc) is 3.30. The van der Waals surface area contributed by atoms with Crippen molar-refractivity contribution in [2.75, 3.05) is 54.2 Å². The molecular formula is C56H112N2O9. The summed E-state index contributed by atoms with van der Waals surface area (Å²) in [6.07, 6.45) is 45.1. The molecule has 0 aromatic rings. The normalized spacial score (nSPS) is 11.8. The number of hydrogen-bond acceptors (Lipinski definition) is 10. The number of alkyl carbamates (subject to hydrolysis) is 1. The summed E-state index contributed by atoms with van der Waals surface area (Å²) in [5, 5.41) is 5.71. The number of rotatable bonds is 48. The Kier molecular flexibility index (Phi) is 56.6. The van der Waals surface area contributed by atoms with Crippen LogP contribution in [0.5, 0.6) is 0 Å². The van der Waals surface area contributed by atoms with Gasteiger partial charge in [-0.3, -0.25) is 4.79 Å². The van der Waals surface area contributed by atoms with Gasteiger partial charge in [-0.05, 0) is 54.0 Å².